The lowest BCUT2D eigenvalue weighted by molar-refractivity contribution is 0.0919. The number of rotatable bonds is 5. The van der Waals surface area contributed by atoms with E-state index in [2.05, 4.69) is 20.3 Å². The second-order valence-electron chi connectivity index (χ2n) is 5.66. The molecule has 4 N–H and O–H groups in total. The van der Waals surface area contributed by atoms with Crippen LogP contribution in [-0.4, -0.2) is 20.9 Å². The van der Waals surface area contributed by atoms with E-state index in [0.29, 0.717) is 12.2 Å². The molecule has 0 radical (unpaired) electrons. The smallest absolute Gasteiger partial charge is 0.271 e. The number of hydrogen-bond donors (Lipinski definition) is 3. The Morgan fingerprint density at radius 2 is 2.00 bits per heavy atom. The number of fused-ring (bicyclic) bond motifs is 1. The third-order valence-corrected chi connectivity index (χ3v) is 4.49. The summed E-state index contributed by atoms with van der Waals surface area (Å²) < 4.78 is 0. The largest absolute Gasteiger partial charge is 0.340 e. The van der Waals surface area contributed by atoms with E-state index in [9.17, 15) is 4.79 Å². The number of nitrogens with two attached hydrogens (primary N) is 1. The van der Waals surface area contributed by atoms with Crippen molar-refractivity contribution >= 4 is 53.1 Å². The van der Waals surface area contributed by atoms with Crippen molar-refractivity contribution in [1.82, 2.24) is 20.3 Å². The number of aromatic amines is 1. The molecule has 0 aliphatic rings. The van der Waals surface area contributed by atoms with E-state index in [4.69, 9.17) is 5.73 Å². The van der Waals surface area contributed by atoms with Crippen molar-refractivity contribution in [3.8, 4) is 0 Å². The number of aromatic nitrogens is 3. The summed E-state index contributed by atoms with van der Waals surface area (Å²) in [6, 6.07) is 7.61. The average molecular weight is 402 g/mol. The third-order valence-electron chi connectivity index (χ3n) is 3.61. The Hall–Kier alpha value is -1.67. The number of nitrogens with zero attached hydrogens (tertiary/aromatic N) is 2. The van der Waals surface area contributed by atoms with Gasteiger partial charge in [0.1, 0.15) is 16.5 Å². The highest BCUT2D eigenvalue weighted by molar-refractivity contribution is 7.09. The number of thiazole rings is 1. The van der Waals surface area contributed by atoms with E-state index < -0.39 is 0 Å². The number of imidazole rings is 1. The number of benzene rings is 1. The summed E-state index contributed by atoms with van der Waals surface area (Å²) in [7, 11) is 0. The van der Waals surface area contributed by atoms with Gasteiger partial charge in [-0.1, -0.05) is 26.0 Å². The molecule has 1 atom stereocenters. The number of amides is 1. The molecular weight excluding hydrogens is 381 g/mol. The molecule has 2 heterocycles. The molecule has 9 heteroatoms. The molecule has 2 aromatic heterocycles. The van der Waals surface area contributed by atoms with Crippen molar-refractivity contribution < 1.29 is 4.79 Å². The van der Waals surface area contributed by atoms with E-state index in [1.54, 1.807) is 5.38 Å². The summed E-state index contributed by atoms with van der Waals surface area (Å²) in [6.07, 6.45) is 0. The lowest BCUT2D eigenvalue weighted by atomic mass is 10.0. The molecular formula is C16H21Cl2N5OS. The topological polar surface area (TPSA) is 96.7 Å². The van der Waals surface area contributed by atoms with E-state index in [1.165, 1.54) is 11.3 Å². The van der Waals surface area contributed by atoms with Crippen LogP contribution in [0.15, 0.2) is 29.6 Å². The van der Waals surface area contributed by atoms with Crippen molar-refractivity contribution in [1.29, 1.82) is 0 Å². The molecule has 3 aromatic rings. The van der Waals surface area contributed by atoms with Crippen LogP contribution in [0.25, 0.3) is 11.0 Å². The number of carbonyl (C=O) groups excluding carboxylic acids is 1. The molecule has 0 spiro atoms. The van der Waals surface area contributed by atoms with Crippen molar-refractivity contribution in [3.63, 3.8) is 0 Å². The van der Waals surface area contributed by atoms with Gasteiger partial charge in [0, 0.05) is 11.9 Å². The first-order valence-corrected chi connectivity index (χ1v) is 8.36. The first kappa shape index (κ1) is 21.4. The summed E-state index contributed by atoms with van der Waals surface area (Å²) >= 11 is 1.39. The van der Waals surface area contributed by atoms with Gasteiger partial charge in [-0.2, -0.15) is 0 Å². The normalized spacial score (nSPS) is 11.7. The molecule has 25 heavy (non-hydrogen) atoms. The molecule has 0 saturated heterocycles. The minimum atomic E-state index is -0.210. The molecule has 0 aliphatic heterocycles. The molecule has 0 bridgehead atoms. The van der Waals surface area contributed by atoms with Crippen molar-refractivity contribution in [2.24, 2.45) is 11.7 Å². The number of H-pyrrole nitrogens is 1. The Bertz CT molecular complexity index is 800. The zero-order valence-electron chi connectivity index (χ0n) is 13.9. The number of nitrogens with one attached hydrogen (secondary N) is 2. The lowest BCUT2D eigenvalue weighted by Crippen LogP contribution is -2.32. The van der Waals surface area contributed by atoms with Crippen LogP contribution in [-0.2, 0) is 6.54 Å². The minimum absolute atomic E-state index is 0. The maximum absolute atomic E-state index is 12.4. The van der Waals surface area contributed by atoms with Crippen LogP contribution in [0.3, 0.4) is 0 Å². The number of carbonyl (C=O) groups is 1. The Labute approximate surface area is 162 Å². The molecule has 1 unspecified atom stereocenters. The predicted octanol–water partition coefficient (Wildman–Crippen LogP) is 3.45. The molecule has 0 fully saturated rings. The number of para-hydroxylation sites is 2. The highest BCUT2D eigenvalue weighted by Crippen LogP contribution is 2.23. The molecule has 136 valence electrons. The maximum atomic E-state index is 12.4. The van der Waals surface area contributed by atoms with E-state index >= 15 is 0 Å². The summed E-state index contributed by atoms with van der Waals surface area (Å²) in [5.41, 5.74) is 7.80. The van der Waals surface area contributed by atoms with E-state index in [0.717, 1.165) is 21.9 Å². The van der Waals surface area contributed by atoms with Crippen molar-refractivity contribution in [2.45, 2.75) is 26.4 Å². The summed E-state index contributed by atoms with van der Waals surface area (Å²) in [5, 5.41) is 5.50. The Morgan fingerprint density at radius 3 is 2.60 bits per heavy atom. The average Bonchev–Trinajstić information content (AvgIpc) is 3.18. The zero-order valence-corrected chi connectivity index (χ0v) is 16.3. The minimum Gasteiger partial charge on any atom is -0.340 e. The fourth-order valence-corrected chi connectivity index (χ4v) is 3.05. The second kappa shape index (κ2) is 9.15. The first-order valence-electron chi connectivity index (χ1n) is 7.48. The van der Waals surface area contributed by atoms with Gasteiger partial charge in [-0.05, 0) is 18.1 Å². The zero-order chi connectivity index (χ0) is 16.4. The SMILES string of the molecule is CC(C)C(NC(=O)c1csc(CN)n1)c1nc2ccccc2[nH]1.Cl.Cl. The van der Waals surface area contributed by atoms with E-state index in [1.807, 2.05) is 38.1 Å². The number of hydrogen-bond acceptors (Lipinski definition) is 5. The standard InChI is InChI=1S/C16H19N5OS.2ClH/c1-9(2)14(15-19-10-5-3-4-6-11(10)20-15)21-16(22)12-8-23-13(7-17)18-12;;/h3-6,8-9,14H,7,17H2,1-2H3,(H,19,20)(H,21,22);2*1H. The predicted molar refractivity (Wildman–Crippen MR) is 106 cm³/mol. The second-order valence-corrected chi connectivity index (χ2v) is 6.61. The summed E-state index contributed by atoms with van der Waals surface area (Å²) in [4.78, 5) is 24.5. The van der Waals surface area contributed by atoms with Crippen LogP contribution in [0.2, 0.25) is 0 Å². The van der Waals surface area contributed by atoms with Gasteiger partial charge in [-0.3, -0.25) is 4.79 Å². The van der Waals surface area contributed by atoms with Crippen LogP contribution >= 0.6 is 36.2 Å². The Morgan fingerprint density at radius 1 is 1.28 bits per heavy atom. The van der Waals surface area contributed by atoms with Gasteiger partial charge in [0.25, 0.3) is 5.91 Å². The molecule has 6 nitrogen and oxygen atoms in total. The van der Waals surface area contributed by atoms with Gasteiger partial charge >= 0.3 is 0 Å². The van der Waals surface area contributed by atoms with Gasteiger partial charge in [0.2, 0.25) is 0 Å². The maximum Gasteiger partial charge on any atom is 0.271 e. The highest BCUT2D eigenvalue weighted by atomic mass is 35.5. The quantitative estimate of drug-likeness (QED) is 0.609. The molecule has 0 saturated carbocycles. The Balaban J connectivity index is 0.00000156. The molecule has 1 aromatic carbocycles. The van der Waals surface area contributed by atoms with Gasteiger partial charge in [-0.15, -0.1) is 36.2 Å². The van der Waals surface area contributed by atoms with Crippen LogP contribution in [0, 0.1) is 5.92 Å². The van der Waals surface area contributed by atoms with Gasteiger partial charge in [0.05, 0.1) is 17.1 Å². The third kappa shape index (κ3) is 4.70. The lowest BCUT2D eigenvalue weighted by Gasteiger charge is -2.19. The molecule has 0 aliphatic carbocycles. The van der Waals surface area contributed by atoms with Crippen LogP contribution in [0.1, 0.15) is 41.2 Å². The fourth-order valence-electron chi connectivity index (χ4n) is 2.39. The van der Waals surface area contributed by atoms with Crippen molar-refractivity contribution in [3.05, 3.63) is 46.2 Å². The first-order chi connectivity index (χ1) is 11.1. The number of halogens is 2. The summed E-state index contributed by atoms with van der Waals surface area (Å²) in [5.74, 6) is 0.732. The van der Waals surface area contributed by atoms with Crippen LogP contribution in [0.5, 0.6) is 0 Å². The summed E-state index contributed by atoms with van der Waals surface area (Å²) in [6.45, 7) is 4.43. The van der Waals surface area contributed by atoms with Gasteiger partial charge in [-0.25, -0.2) is 9.97 Å². The molecule has 1 amide bonds. The van der Waals surface area contributed by atoms with Crippen molar-refractivity contribution in [2.75, 3.05) is 0 Å². The monoisotopic (exact) mass is 401 g/mol. The van der Waals surface area contributed by atoms with Crippen LogP contribution < -0.4 is 11.1 Å². The Kier molecular flexibility index (Phi) is 7.82. The highest BCUT2D eigenvalue weighted by Gasteiger charge is 2.23. The van der Waals surface area contributed by atoms with Gasteiger partial charge in [0.15, 0.2) is 0 Å². The molecule has 3 rings (SSSR count). The fraction of sp³-hybridized carbons (Fsp3) is 0.312. The van der Waals surface area contributed by atoms with Gasteiger partial charge < -0.3 is 16.0 Å². The van der Waals surface area contributed by atoms with E-state index in [-0.39, 0.29) is 42.7 Å². The van der Waals surface area contributed by atoms with Crippen LogP contribution in [0.4, 0.5) is 0 Å².